The number of nitro benzene ring substituents is 1. The molecule has 150 valence electrons. The van der Waals surface area contributed by atoms with E-state index in [1.807, 2.05) is 0 Å². The summed E-state index contributed by atoms with van der Waals surface area (Å²) in [5.74, 6) is -2.97. The van der Waals surface area contributed by atoms with Crippen LogP contribution < -0.4 is 5.32 Å². The van der Waals surface area contributed by atoms with Crippen LogP contribution in [-0.4, -0.2) is 56.4 Å². The minimum Gasteiger partial charge on any atom is -0.462 e. The number of fused-ring (bicyclic) bond motifs is 1. The number of carbonyl (C=O) groups is 4. The zero-order valence-electron chi connectivity index (χ0n) is 15.4. The first-order valence-corrected chi connectivity index (χ1v) is 8.38. The van der Waals surface area contributed by atoms with Gasteiger partial charge in [-0.3, -0.25) is 34.1 Å². The first-order chi connectivity index (χ1) is 13.7. The first kappa shape index (κ1) is 19.7. The summed E-state index contributed by atoms with van der Waals surface area (Å²) in [5, 5.41) is 17.2. The normalized spacial score (nSPS) is 12.7. The van der Waals surface area contributed by atoms with Gasteiger partial charge in [-0.15, -0.1) is 0 Å². The summed E-state index contributed by atoms with van der Waals surface area (Å²) >= 11 is 0. The van der Waals surface area contributed by atoms with Crippen LogP contribution in [0.25, 0.3) is 0 Å². The predicted octanol–water partition coefficient (Wildman–Crippen LogP) is 0.740. The Balaban J connectivity index is 1.78. The first-order valence-electron chi connectivity index (χ1n) is 8.38. The molecule has 3 rings (SSSR count). The minimum absolute atomic E-state index is 0.0145. The van der Waals surface area contributed by atoms with Gasteiger partial charge in [-0.05, 0) is 13.0 Å². The van der Waals surface area contributed by atoms with Crippen molar-refractivity contribution in [3.63, 3.8) is 0 Å². The van der Waals surface area contributed by atoms with Crippen LogP contribution in [0.1, 0.15) is 38.0 Å². The molecule has 1 aromatic heterocycles. The van der Waals surface area contributed by atoms with Crippen molar-refractivity contribution >= 4 is 35.2 Å². The molecule has 3 amide bonds. The minimum atomic E-state index is -0.820. The van der Waals surface area contributed by atoms with Crippen molar-refractivity contribution in [2.45, 2.75) is 6.92 Å². The number of non-ortho nitro benzene ring substituents is 1. The Morgan fingerprint density at radius 1 is 1.24 bits per heavy atom. The van der Waals surface area contributed by atoms with Gasteiger partial charge < -0.3 is 10.1 Å². The van der Waals surface area contributed by atoms with Crippen LogP contribution >= 0.6 is 0 Å². The van der Waals surface area contributed by atoms with Crippen LogP contribution in [0.3, 0.4) is 0 Å². The molecule has 29 heavy (non-hydrogen) atoms. The Hall–Kier alpha value is -4.09. The predicted molar refractivity (Wildman–Crippen MR) is 96.3 cm³/mol. The number of aryl methyl sites for hydroxylation is 1. The average molecular weight is 401 g/mol. The van der Waals surface area contributed by atoms with Gasteiger partial charge in [-0.2, -0.15) is 5.10 Å². The smallest absolute Gasteiger partial charge is 0.343 e. The topological polar surface area (TPSA) is 154 Å². The van der Waals surface area contributed by atoms with Crippen LogP contribution in [0.2, 0.25) is 0 Å². The van der Waals surface area contributed by atoms with E-state index in [1.165, 1.54) is 24.0 Å². The molecular formula is C17H15N5O7. The Kier molecular flexibility index (Phi) is 5.08. The lowest BCUT2D eigenvalue weighted by atomic mass is 10.1. The van der Waals surface area contributed by atoms with Gasteiger partial charge in [-0.1, -0.05) is 0 Å². The van der Waals surface area contributed by atoms with Crippen LogP contribution in [0.5, 0.6) is 0 Å². The molecule has 1 aliphatic rings. The molecule has 2 aromatic rings. The van der Waals surface area contributed by atoms with E-state index in [0.717, 1.165) is 12.1 Å². The second kappa shape index (κ2) is 7.50. The lowest BCUT2D eigenvalue weighted by Crippen LogP contribution is -2.37. The van der Waals surface area contributed by atoms with Crippen molar-refractivity contribution in [3.05, 3.63) is 51.2 Å². The summed E-state index contributed by atoms with van der Waals surface area (Å²) in [4.78, 5) is 60.1. The maximum atomic E-state index is 12.5. The molecule has 0 saturated carbocycles. The third kappa shape index (κ3) is 3.54. The second-order valence-electron chi connectivity index (χ2n) is 5.98. The number of hydrogen-bond donors (Lipinski definition) is 1. The molecule has 1 N–H and O–H groups in total. The number of benzene rings is 1. The maximum Gasteiger partial charge on any atom is 0.343 e. The molecule has 1 aliphatic heterocycles. The number of imide groups is 1. The third-order valence-corrected chi connectivity index (χ3v) is 4.16. The van der Waals surface area contributed by atoms with Gasteiger partial charge in [0.15, 0.2) is 0 Å². The van der Waals surface area contributed by atoms with Gasteiger partial charge in [0.05, 0.1) is 28.9 Å². The highest BCUT2D eigenvalue weighted by molar-refractivity contribution is 6.23. The van der Waals surface area contributed by atoms with Gasteiger partial charge in [-0.25, -0.2) is 4.79 Å². The largest absolute Gasteiger partial charge is 0.462 e. The number of esters is 1. The number of nitrogens with zero attached hydrogens (tertiary/aromatic N) is 4. The van der Waals surface area contributed by atoms with Gasteiger partial charge in [0.1, 0.15) is 17.9 Å². The van der Waals surface area contributed by atoms with Crippen LogP contribution in [0.4, 0.5) is 11.5 Å². The molecule has 0 aliphatic carbocycles. The summed E-state index contributed by atoms with van der Waals surface area (Å²) in [6, 6.07) is 3.27. The van der Waals surface area contributed by atoms with E-state index in [0.29, 0.717) is 4.90 Å². The average Bonchev–Trinajstić information content (AvgIpc) is 3.15. The standard InChI is InChI=1S/C17H15N5O7/c1-3-29-17(26)12-7-18-20(2)14(12)19-13(23)8-21-15(24)10-5-4-9(22(27)28)6-11(10)16(21)25/h4-7H,3,8H2,1-2H3,(H,19,23). The Bertz CT molecular complexity index is 1060. The van der Waals surface area contributed by atoms with Gasteiger partial charge in [0.25, 0.3) is 17.5 Å². The molecule has 0 atom stereocenters. The Morgan fingerprint density at radius 2 is 1.93 bits per heavy atom. The van der Waals surface area contributed by atoms with Crippen LogP contribution in [0, 0.1) is 10.1 Å². The monoisotopic (exact) mass is 401 g/mol. The van der Waals surface area contributed by atoms with Crippen molar-refractivity contribution in [1.29, 1.82) is 0 Å². The highest BCUT2D eigenvalue weighted by atomic mass is 16.6. The lowest BCUT2D eigenvalue weighted by molar-refractivity contribution is -0.384. The number of hydrogen-bond acceptors (Lipinski definition) is 8. The number of amides is 3. The molecule has 2 heterocycles. The Morgan fingerprint density at radius 3 is 2.59 bits per heavy atom. The molecule has 0 fully saturated rings. The second-order valence-corrected chi connectivity index (χ2v) is 5.98. The molecule has 0 radical (unpaired) electrons. The molecule has 0 saturated heterocycles. The number of anilines is 1. The molecule has 0 unspecified atom stereocenters. The van der Waals surface area contributed by atoms with E-state index in [1.54, 1.807) is 6.92 Å². The number of ether oxygens (including phenoxy) is 1. The zero-order valence-corrected chi connectivity index (χ0v) is 15.4. The maximum absolute atomic E-state index is 12.5. The molecule has 0 spiro atoms. The van der Waals surface area contributed by atoms with Gasteiger partial charge >= 0.3 is 5.97 Å². The number of nitrogens with one attached hydrogen (secondary N) is 1. The van der Waals surface area contributed by atoms with E-state index < -0.39 is 35.2 Å². The van der Waals surface area contributed by atoms with Crippen molar-refractivity contribution < 1.29 is 28.8 Å². The van der Waals surface area contributed by atoms with Gasteiger partial charge in [0.2, 0.25) is 5.91 Å². The number of nitro groups is 1. The fourth-order valence-electron chi connectivity index (χ4n) is 2.80. The van der Waals surface area contributed by atoms with E-state index in [4.69, 9.17) is 4.74 Å². The molecule has 1 aromatic carbocycles. The highest BCUT2D eigenvalue weighted by Crippen LogP contribution is 2.26. The van der Waals surface area contributed by atoms with Crippen LogP contribution in [-0.2, 0) is 16.6 Å². The third-order valence-electron chi connectivity index (χ3n) is 4.16. The quantitative estimate of drug-likeness (QED) is 0.322. The fourth-order valence-corrected chi connectivity index (χ4v) is 2.80. The summed E-state index contributed by atoms with van der Waals surface area (Å²) < 4.78 is 6.12. The Labute approximate surface area is 163 Å². The van der Waals surface area contributed by atoms with Gasteiger partial charge in [0, 0.05) is 19.2 Å². The van der Waals surface area contributed by atoms with E-state index in [2.05, 4.69) is 10.4 Å². The molecule has 12 nitrogen and oxygen atoms in total. The van der Waals surface area contributed by atoms with Crippen molar-refractivity contribution in [2.75, 3.05) is 18.5 Å². The SMILES string of the molecule is CCOC(=O)c1cnn(C)c1NC(=O)CN1C(=O)c2ccc([N+](=O)[O-])cc2C1=O. The number of rotatable bonds is 6. The zero-order chi connectivity index (χ0) is 21.3. The van der Waals surface area contributed by atoms with E-state index in [-0.39, 0.29) is 34.8 Å². The molecule has 12 heteroatoms. The summed E-state index contributed by atoms with van der Waals surface area (Å²) in [7, 11) is 1.49. The number of aromatic nitrogens is 2. The summed E-state index contributed by atoms with van der Waals surface area (Å²) in [6.45, 7) is 1.11. The highest BCUT2D eigenvalue weighted by Gasteiger charge is 2.38. The summed E-state index contributed by atoms with van der Waals surface area (Å²) in [6.07, 6.45) is 1.22. The van der Waals surface area contributed by atoms with E-state index in [9.17, 15) is 29.3 Å². The molecule has 0 bridgehead atoms. The molecular weight excluding hydrogens is 386 g/mol. The van der Waals surface area contributed by atoms with Crippen molar-refractivity contribution in [1.82, 2.24) is 14.7 Å². The fraction of sp³-hybridized carbons (Fsp3) is 0.235. The van der Waals surface area contributed by atoms with E-state index >= 15 is 0 Å². The number of carbonyl (C=O) groups excluding carboxylic acids is 4. The lowest BCUT2D eigenvalue weighted by Gasteiger charge is -2.14. The van der Waals surface area contributed by atoms with Crippen molar-refractivity contribution in [3.8, 4) is 0 Å². The van der Waals surface area contributed by atoms with Crippen molar-refractivity contribution in [2.24, 2.45) is 7.05 Å². The summed E-state index contributed by atoms with van der Waals surface area (Å²) in [5.41, 5.74) is -0.503. The van der Waals surface area contributed by atoms with Crippen LogP contribution in [0.15, 0.2) is 24.4 Å².